The third kappa shape index (κ3) is 4.01. The molecule has 0 bridgehead atoms. The molecule has 1 atom stereocenters. The molecule has 124 valence electrons. The first-order valence-electron chi connectivity index (χ1n) is 7.90. The molecule has 0 amide bonds. The number of nitrogens with one attached hydrogen (secondary N) is 1. The molecule has 1 saturated heterocycles. The van der Waals surface area contributed by atoms with E-state index in [1.54, 1.807) is 17.5 Å². The Morgan fingerprint density at radius 2 is 1.87 bits per heavy atom. The highest BCUT2D eigenvalue weighted by molar-refractivity contribution is 7.91. The fraction of sp³-hybridized carbons (Fsp3) is 0.412. The van der Waals surface area contributed by atoms with Gasteiger partial charge in [0.05, 0.1) is 0 Å². The number of nitrogens with zero attached hydrogens (tertiary/aromatic N) is 1. The van der Waals surface area contributed by atoms with Crippen LogP contribution in [0.5, 0.6) is 0 Å². The Morgan fingerprint density at radius 1 is 1.17 bits per heavy atom. The molecule has 1 aliphatic heterocycles. The van der Waals surface area contributed by atoms with Crippen molar-refractivity contribution in [2.75, 3.05) is 19.6 Å². The Kier molecular flexibility index (Phi) is 5.16. The molecule has 1 unspecified atom stereocenters. The summed E-state index contributed by atoms with van der Waals surface area (Å²) in [7, 11) is -3.42. The molecular weight excluding hydrogens is 328 g/mol. The highest BCUT2D eigenvalue weighted by Gasteiger charge is 2.25. The third-order valence-electron chi connectivity index (χ3n) is 4.27. The summed E-state index contributed by atoms with van der Waals surface area (Å²) in [6.07, 6.45) is 2.36. The summed E-state index contributed by atoms with van der Waals surface area (Å²) in [5, 5.41) is 1.78. The van der Waals surface area contributed by atoms with Crippen molar-refractivity contribution in [1.82, 2.24) is 9.62 Å². The molecule has 3 rings (SSSR count). The Balaban J connectivity index is 1.77. The quantitative estimate of drug-likeness (QED) is 0.870. The number of thiophene rings is 1. The van der Waals surface area contributed by atoms with E-state index < -0.39 is 10.0 Å². The van der Waals surface area contributed by atoms with Crippen LogP contribution in [0.15, 0.2) is 46.0 Å². The van der Waals surface area contributed by atoms with Gasteiger partial charge in [-0.05, 0) is 49.9 Å². The topological polar surface area (TPSA) is 49.4 Å². The van der Waals surface area contributed by atoms with Crippen molar-refractivity contribution < 1.29 is 8.42 Å². The van der Waals surface area contributed by atoms with Gasteiger partial charge in [-0.15, -0.1) is 11.3 Å². The molecule has 0 radical (unpaired) electrons. The van der Waals surface area contributed by atoms with Crippen LogP contribution in [0.2, 0.25) is 0 Å². The zero-order chi connectivity index (χ0) is 16.3. The summed E-state index contributed by atoms with van der Waals surface area (Å²) in [6.45, 7) is 4.52. The SMILES string of the molecule is Cc1ccc(C(CNS(=O)(=O)c2cccs2)N2CCCC2)cc1. The maximum absolute atomic E-state index is 12.4. The fourth-order valence-electron chi connectivity index (χ4n) is 2.98. The van der Waals surface area contributed by atoms with Crippen LogP contribution in [-0.2, 0) is 10.0 Å². The van der Waals surface area contributed by atoms with Crippen molar-refractivity contribution in [3.05, 3.63) is 52.9 Å². The summed E-state index contributed by atoms with van der Waals surface area (Å²) >= 11 is 1.25. The molecule has 6 heteroatoms. The lowest BCUT2D eigenvalue weighted by Crippen LogP contribution is -2.36. The van der Waals surface area contributed by atoms with Crippen LogP contribution >= 0.6 is 11.3 Å². The number of hydrogen-bond acceptors (Lipinski definition) is 4. The van der Waals surface area contributed by atoms with Gasteiger partial charge in [0.25, 0.3) is 0 Å². The van der Waals surface area contributed by atoms with Crippen LogP contribution in [-0.4, -0.2) is 33.0 Å². The van der Waals surface area contributed by atoms with Gasteiger partial charge in [-0.25, -0.2) is 13.1 Å². The summed E-state index contributed by atoms with van der Waals surface area (Å²) in [5.74, 6) is 0. The molecule has 2 heterocycles. The second kappa shape index (κ2) is 7.13. The smallest absolute Gasteiger partial charge is 0.250 e. The van der Waals surface area contributed by atoms with Gasteiger partial charge in [-0.1, -0.05) is 35.9 Å². The highest BCUT2D eigenvalue weighted by Crippen LogP contribution is 2.26. The highest BCUT2D eigenvalue weighted by atomic mass is 32.2. The predicted octanol–water partition coefficient (Wildman–Crippen LogP) is 3.17. The fourth-order valence-corrected chi connectivity index (χ4v) is 5.05. The van der Waals surface area contributed by atoms with E-state index in [-0.39, 0.29) is 6.04 Å². The first-order valence-corrected chi connectivity index (χ1v) is 10.3. The van der Waals surface area contributed by atoms with Crippen LogP contribution in [0.4, 0.5) is 0 Å². The van der Waals surface area contributed by atoms with E-state index in [0.717, 1.165) is 13.1 Å². The van der Waals surface area contributed by atoms with E-state index in [1.165, 1.54) is 35.3 Å². The van der Waals surface area contributed by atoms with E-state index in [1.807, 2.05) is 0 Å². The summed E-state index contributed by atoms with van der Waals surface area (Å²) in [4.78, 5) is 2.38. The van der Waals surface area contributed by atoms with E-state index in [4.69, 9.17) is 0 Å². The largest absolute Gasteiger partial charge is 0.295 e. The Bertz CT molecular complexity index is 718. The van der Waals surface area contributed by atoms with Gasteiger partial charge >= 0.3 is 0 Å². The van der Waals surface area contributed by atoms with Crippen LogP contribution in [0, 0.1) is 6.92 Å². The van der Waals surface area contributed by atoms with E-state index in [0.29, 0.717) is 10.8 Å². The second-order valence-electron chi connectivity index (χ2n) is 5.95. The minimum atomic E-state index is -3.42. The van der Waals surface area contributed by atoms with Gasteiger partial charge in [0.2, 0.25) is 10.0 Å². The van der Waals surface area contributed by atoms with E-state index in [9.17, 15) is 8.42 Å². The lowest BCUT2D eigenvalue weighted by Gasteiger charge is -2.28. The zero-order valence-corrected chi connectivity index (χ0v) is 14.9. The molecule has 1 aliphatic rings. The summed E-state index contributed by atoms with van der Waals surface area (Å²) < 4.78 is 27.9. The van der Waals surface area contributed by atoms with Gasteiger partial charge in [0.1, 0.15) is 4.21 Å². The van der Waals surface area contributed by atoms with Crippen molar-refractivity contribution in [1.29, 1.82) is 0 Å². The zero-order valence-electron chi connectivity index (χ0n) is 13.2. The molecule has 2 aromatic rings. The first kappa shape index (κ1) is 16.6. The molecule has 0 spiro atoms. The van der Waals surface area contributed by atoms with Crippen LogP contribution in [0.1, 0.15) is 30.0 Å². The van der Waals surface area contributed by atoms with E-state index >= 15 is 0 Å². The Morgan fingerprint density at radius 3 is 2.48 bits per heavy atom. The average molecular weight is 351 g/mol. The number of likely N-dealkylation sites (tertiary alicyclic amines) is 1. The molecule has 1 N–H and O–H groups in total. The first-order chi connectivity index (χ1) is 11.1. The average Bonchev–Trinajstić information content (AvgIpc) is 3.23. The molecule has 4 nitrogen and oxygen atoms in total. The number of benzene rings is 1. The standard InChI is InChI=1S/C17H22N2O2S2/c1-14-6-8-15(9-7-14)16(19-10-2-3-11-19)13-18-23(20,21)17-5-4-12-22-17/h4-9,12,16,18H,2-3,10-11,13H2,1H3. The number of sulfonamides is 1. The van der Waals surface area contributed by atoms with Crippen LogP contribution < -0.4 is 4.72 Å². The Hall–Kier alpha value is -1.21. The molecule has 0 saturated carbocycles. The molecule has 1 aromatic heterocycles. The molecule has 1 aromatic carbocycles. The lowest BCUT2D eigenvalue weighted by molar-refractivity contribution is 0.246. The van der Waals surface area contributed by atoms with Crippen LogP contribution in [0.3, 0.4) is 0 Å². The van der Waals surface area contributed by atoms with E-state index in [2.05, 4.69) is 40.8 Å². The second-order valence-corrected chi connectivity index (χ2v) is 8.90. The van der Waals surface area contributed by atoms with Crippen molar-refractivity contribution >= 4 is 21.4 Å². The van der Waals surface area contributed by atoms with Crippen LogP contribution in [0.25, 0.3) is 0 Å². The van der Waals surface area contributed by atoms with Gasteiger partial charge in [0, 0.05) is 12.6 Å². The number of hydrogen-bond donors (Lipinski definition) is 1. The normalized spacial score (nSPS) is 17.4. The van der Waals surface area contributed by atoms with Gasteiger partial charge in [0.15, 0.2) is 0 Å². The van der Waals surface area contributed by atoms with Crippen molar-refractivity contribution in [2.24, 2.45) is 0 Å². The molecule has 23 heavy (non-hydrogen) atoms. The summed E-state index contributed by atoms with van der Waals surface area (Å²) in [5.41, 5.74) is 2.39. The number of aryl methyl sites for hydroxylation is 1. The molecular formula is C17H22N2O2S2. The van der Waals surface area contributed by atoms with Gasteiger partial charge in [-0.3, -0.25) is 4.90 Å². The van der Waals surface area contributed by atoms with Gasteiger partial charge in [-0.2, -0.15) is 0 Å². The van der Waals surface area contributed by atoms with Gasteiger partial charge < -0.3 is 0 Å². The predicted molar refractivity (Wildman–Crippen MR) is 94.2 cm³/mol. The molecule has 1 fully saturated rings. The maximum Gasteiger partial charge on any atom is 0.250 e. The Labute approximate surface area is 142 Å². The lowest BCUT2D eigenvalue weighted by atomic mass is 10.0. The molecule has 0 aliphatic carbocycles. The summed E-state index contributed by atoms with van der Waals surface area (Å²) in [6, 6.07) is 11.9. The minimum absolute atomic E-state index is 0.0906. The van der Waals surface area contributed by atoms with Crippen molar-refractivity contribution in [2.45, 2.75) is 30.0 Å². The third-order valence-corrected chi connectivity index (χ3v) is 7.09. The minimum Gasteiger partial charge on any atom is -0.295 e. The number of rotatable bonds is 6. The maximum atomic E-state index is 12.4. The monoisotopic (exact) mass is 350 g/mol. The van der Waals surface area contributed by atoms with Crippen molar-refractivity contribution in [3.8, 4) is 0 Å². The van der Waals surface area contributed by atoms with Crippen molar-refractivity contribution in [3.63, 3.8) is 0 Å².